The van der Waals surface area contributed by atoms with Crippen LogP contribution in [0.5, 0.6) is 0 Å². The van der Waals surface area contributed by atoms with E-state index in [1.165, 1.54) is 6.07 Å². The Hall–Kier alpha value is -1.22. The Morgan fingerprint density at radius 3 is 2.30 bits per heavy atom. The number of carboxylic acids is 1. The molecular formula is C16H24ClNO2. The van der Waals surface area contributed by atoms with Crippen molar-refractivity contribution in [2.45, 2.75) is 46.6 Å². The van der Waals surface area contributed by atoms with Gasteiger partial charge in [-0.3, -0.25) is 0 Å². The molecule has 0 bridgehead atoms. The fraction of sp³-hybridized carbons (Fsp3) is 0.562. The Balaban J connectivity index is 3.16. The fourth-order valence-electron chi connectivity index (χ4n) is 2.44. The molecule has 112 valence electrons. The van der Waals surface area contributed by atoms with Crippen LogP contribution in [0, 0.1) is 5.92 Å². The standard InChI is InChI=1S/C16H24ClNO2/c1-5-13(6-2)18(10-11(3)4)15-8-7-12(16(19)20)9-14(15)17/h7-9,11,13H,5-6,10H2,1-4H3,(H,19,20). The molecule has 0 aliphatic rings. The van der Waals surface area contributed by atoms with Crippen LogP contribution in [0.3, 0.4) is 0 Å². The lowest BCUT2D eigenvalue weighted by Crippen LogP contribution is -2.37. The molecule has 1 aromatic rings. The van der Waals surface area contributed by atoms with Gasteiger partial charge in [-0.15, -0.1) is 0 Å². The van der Waals surface area contributed by atoms with E-state index in [0.717, 1.165) is 25.1 Å². The van der Waals surface area contributed by atoms with Crippen molar-refractivity contribution < 1.29 is 9.90 Å². The number of benzene rings is 1. The van der Waals surface area contributed by atoms with Crippen molar-refractivity contribution in [2.24, 2.45) is 5.92 Å². The van der Waals surface area contributed by atoms with Crippen LogP contribution in [-0.2, 0) is 0 Å². The predicted molar refractivity (Wildman–Crippen MR) is 85.0 cm³/mol. The van der Waals surface area contributed by atoms with E-state index < -0.39 is 5.97 Å². The van der Waals surface area contributed by atoms with Gasteiger partial charge in [-0.2, -0.15) is 0 Å². The molecule has 0 heterocycles. The van der Waals surface area contributed by atoms with Gasteiger partial charge >= 0.3 is 5.97 Å². The molecule has 0 unspecified atom stereocenters. The SMILES string of the molecule is CCC(CC)N(CC(C)C)c1ccc(C(=O)O)cc1Cl. The number of hydrogen-bond donors (Lipinski definition) is 1. The van der Waals surface area contributed by atoms with Crippen molar-refractivity contribution in [3.8, 4) is 0 Å². The van der Waals surface area contributed by atoms with E-state index >= 15 is 0 Å². The second kappa shape index (κ2) is 7.53. The van der Waals surface area contributed by atoms with Gasteiger partial charge in [0.05, 0.1) is 16.3 Å². The minimum Gasteiger partial charge on any atom is -0.478 e. The van der Waals surface area contributed by atoms with Gasteiger partial charge < -0.3 is 10.0 Å². The van der Waals surface area contributed by atoms with Gasteiger partial charge in [-0.1, -0.05) is 39.3 Å². The highest BCUT2D eigenvalue weighted by molar-refractivity contribution is 6.33. The lowest BCUT2D eigenvalue weighted by Gasteiger charge is -2.35. The van der Waals surface area contributed by atoms with E-state index in [1.54, 1.807) is 6.07 Å². The van der Waals surface area contributed by atoms with Crippen LogP contribution in [-0.4, -0.2) is 23.7 Å². The second-order valence-electron chi connectivity index (χ2n) is 5.49. The maximum atomic E-state index is 11.0. The summed E-state index contributed by atoms with van der Waals surface area (Å²) >= 11 is 6.30. The molecule has 20 heavy (non-hydrogen) atoms. The number of carboxylic acid groups (broad SMARTS) is 1. The summed E-state index contributed by atoms with van der Waals surface area (Å²) in [5, 5.41) is 9.52. The Morgan fingerprint density at radius 2 is 1.90 bits per heavy atom. The van der Waals surface area contributed by atoms with E-state index in [2.05, 4.69) is 32.6 Å². The monoisotopic (exact) mass is 297 g/mol. The van der Waals surface area contributed by atoms with E-state index in [0.29, 0.717) is 17.0 Å². The maximum absolute atomic E-state index is 11.0. The zero-order chi connectivity index (χ0) is 15.3. The maximum Gasteiger partial charge on any atom is 0.335 e. The molecule has 1 aromatic carbocycles. The summed E-state index contributed by atoms with van der Waals surface area (Å²) in [6, 6.07) is 5.41. The van der Waals surface area contributed by atoms with Crippen LogP contribution >= 0.6 is 11.6 Å². The first kappa shape index (κ1) is 16.8. The molecule has 0 atom stereocenters. The van der Waals surface area contributed by atoms with Gasteiger partial charge in [0.15, 0.2) is 0 Å². The number of rotatable bonds is 7. The summed E-state index contributed by atoms with van der Waals surface area (Å²) in [5.74, 6) is -0.429. The Bertz CT molecular complexity index is 456. The molecule has 3 nitrogen and oxygen atoms in total. The highest BCUT2D eigenvalue weighted by Crippen LogP contribution is 2.30. The summed E-state index contributed by atoms with van der Waals surface area (Å²) < 4.78 is 0. The molecule has 0 fully saturated rings. The minimum atomic E-state index is -0.948. The minimum absolute atomic E-state index is 0.229. The van der Waals surface area contributed by atoms with E-state index in [9.17, 15) is 4.79 Å². The second-order valence-corrected chi connectivity index (χ2v) is 5.90. The van der Waals surface area contributed by atoms with Crippen LogP contribution in [0.1, 0.15) is 50.9 Å². The average molecular weight is 298 g/mol. The third-order valence-corrected chi connectivity index (χ3v) is 3.75. The molecule has 0 aliphatic carbocycles. The Morgan fingerprint density at radius 1 is 1.30 bits per heavy atom. The Kier molecular flexibility index (Phi) is 6.34. The van der Waals surface area contributed by atoms with Crippen LogP contribution < -0.4 is 4.90 Å². The molecule has 4 heteroatoms. The van der Waals surface area contributed by atoms with Gasteiger partial charge in [-0.25, -0.2) is 4.79 Å². The van der Waals surface area contributed by atoms with Crippen molar-refractivity contribution in [1.29, 1.82) is 0 Å². The molecule has 0 saturated heterocycles. The summed E-state index contributed by atoms with van der Waals surface area (Å²) in [5.41, 5.74) is 1.16. The number of aromatic carboxylic acids is 1. The van der Waals surface area contributed by atoms with E-state index in [4.69, 9.17) is 16.7 Å². The first-order chi connectivity index (χ1) is 9.40. The average Bonchev–Trinajstić information content (AvgIpc) is 2.38. The molecule has 0 radical (unpaired) electrons. The van der Waals surface area contributed by atoms with Gasteiger partial charge in [0, 0.05) is 12.6 Å². The third kappa shape index (κ3) is 4.14. The van der Waals surface area contributed by atoms with E-state index in [-0.39, 0.29) is 5.56 Å². The number of nitrogens with zero attached hydrogens (tertiary/aromatic N) is 1. The topological polar surface area (TPSA) is 40.5 Å². The molecule has 0 aliphatic heterocycles. The summed E-state index contributed by atoms with van der Waals surface area (Å²) in [6.07, 6.45) is 2.08. The summed E-state index contributed by atoms with van der Waals surface area (Å²) in [4.78, 5) is 13.3. The quantitative estimate of drug-likeness (QED) is 0.794. The zero-order valence-corrected chi connectivity index (χ0v) is 13.4. The van der Waals surface area contributed by atoms with Crippen molar-refractivity contribution in [3.05, 3.63) is 28.8 Å². The number of hydrogen-bond acceptors (Lipinski definition) is 2. The largest absolute Gasteiger partial charge is 0.478 e. The van der Waals surface area contributed by atoms with Crippen LogP contribution in [0.2, 0.25) is 5.02 Å². The number of anilines is 1. The zero-order valence-electron chi connectivity index (χ0n) is 12.7. The normalized spacial score (nSPS) is 11.2. The Labute approximate surface area is 126 Å². The van der Waals surface area contributed by atoms with Gasteiger partial charge in [-0.05, 0) is 37.0 Å². The smallest absolute Gasteiger partial charge is 0.335 e. The summed E-state index contributed by atoms with van der Waals surface area (Å²) in [7, 11) is 0. The lowest BCUT2D eigenvalue weighted by molar-refractivity contribution is 0.0697. The lowest BCUT2D eigenvalue weighted by atomic mass is 10.1. The van der Waals surface area contributed by atoms with E-state index in [1.807, 2.05) is 6.07 Å². The van der Waals surface area contributed by atoms with Crippen LogP contribution in [0.4, 0.5) is 5.69 Å². The van der Waals surface area contributed by atoms with Crippen LogP contribution in [0.25, 0.3) is 0 Å². The number of carbonyl (C=O) groups is 1. The van der Waals surface area contributed by atoms with Crippen molar-refractivity contribution in [3.63, 3.8) is 0 Å². The van der Waals surface area contributed by atoms with Crippen molar-refractivity contribution in [1.82, 2.24) is 0 Å². The molecule has 1 rings (SSSR count). The third-order valence-electron chi connectivity index (χ3n) is 3.45. The molecule has 0 spiro atoms. The van der Waals surface area contributed by atoms with Crippen LogP contribution in [0.15, 0.2) is 18.2 Å². The van der Waals surface area contributed by atoms with Gasteiger partial charge in [0.2, 0.25) is 0 Å². The van der Waals surface area contributed by atoms with Gasteiger partial charge in [0.1, 0.15) is 0 Å². The van der Waals surface area contributed by atoms with Crippen molar-refractivity contribution >= 4 is 23.3 Å². The summed E-state index contributed by atoms with van der Waals surface area (Å²) in [6.45, 7) is 9.60. The first-order valence-corrected chi connectivity index (χ1v) is 7.57. The molecular weight excluding hydrogens is 274 g/mol. The van der Waals surface area contributed by atoms with Crippen molar-refractivity contribution in [2.75, 3.05) is 11.4 Å². The molecule has 0 aromatic heterocycles. The highest BCUT2D eigenvalue weighted by atomic mass is 35.5. The number of halogens is 1. The molecule has 1 N–H and O–H groups in total. The molecule has 0 amide bonds. The van der Waals surface area contributed by atoms with Gasteiger partial charge in [0.25, 0.3) is 0 Å². The fourth-order valence-corrected chi connectivity index (χ4v) is 2.73. The predicted octanol–water partition coefficient (Wildman–Crippen LogP) is 4.69. The highest BCUT2D eigenvalue weighted by Gasteiger charge is 2.20. The first-order valence-electron chi connectivity index (χ1n) is 7.20. The molecule has 0 saturated carbocycles.